The molecule has 0 amide bonds. The van der Waals surface area contributed by atoms with Gasteiger partial charge in [-0.25, -0.2) is 4.79 Å². The van der Waals surface area contributed by atoms with Crippen molar-refractivity contribution in [2.24, 2.45) is 0 Å². The van der Waals surface area contributed by atoms with Gasteiger partial charge in [0, 0.05) is 17.1 Å². The van der Waals surface area contributed by atoms with Gasteiger partial charge in [0.25, 0.3) is 0 Å². The highest BCUT2D eigenvalue weighted by atomic mass is 32.2. The van der Waals surface area contributed by atoms with Gasteiger partial charge in [-0.15, -0.1) is 23.5 Å². The molecule has 1 heterocycles. The van der Waals surface area contributed by atoms with E-state index in [1.807, 2.05) is 59.9 Å². The first-order chi connectivity index (χ1) is 12.2. The minimum Gasteiger partial charge on any atom is -0.497 e. The van der Waals surface area contributed by atoms with E-state index in [1.54, 1.807) is 20.3 Å². The molecule has 6 heteroatoms. The van der Waals surface area contributed by atoms with E-state index in [-0.39, 0.29) is 12.6 Å². The number of methoxy groups -OCH3 is 2. The van der Waals surface area contributed by atoms with Crippen LogP contribution in [-0.2, 0) is 11.3 Å². The number of hydrogen-bond acceptors (Lipinski definition) is 6. The fourth-order valence-electron chi connectivity index (χ4n) is 2.55. The first kappa shape index (κ1) is 18.0. The van der Waals surface area contributed by atoms with E-state index in [0.717, 1.165) is 5.56 Å². The summed E-state index contributed by atoms with van der Waals surface area (Å²) in [6, 6.07) is 13.1. The molecule has 0 saturated carbocycles. The van der Waals surface area contributed by atoms with E-state index in [4.69, 9.17) is 14.2 Å². The van der Waals surface area contributed by atoms with Gasteiger partial charge in [-0.1, -0.05) is 12.1 Å². The average molecular weight is 376 g/mol. The van der Waals surface area contributed by atoms with Crippen LogP contribution in [0.4, 0.5) is 0 Å². The van der Waals surface area contributed by atoms with Crippen molar-refractivity contribution in [3.63, 3.8) is 0 Å². The summed E-state index contributed by atoms with van der Waals surface area (Å²) in [5.74, 6) is 3.38. The number of carbonyl (C=O) groups excluding carboxylic acids is 1. The highest BCUT2D eigenvalue weighted by Crippen LogP contribution is 2.45. The zero-order valence-electron chi connectivity index (χ0n) is 14.2. The fraction of sp³-hybridized carbons (Fsp3) is 0.316. The van der Waals surface area contributed by atoms with Gasteiger partial charge in [0.05, 0.1) is 24.4 Å². The third kappa shape index (κ3) is 4.44. The molecule has 1 saturated heterocycles. The molecule has 25 heavy (non-hydrogen) atoms. The third-order valence-corrected chi connectivity index (χ3v) is 6.99. The Morgan fingerprint density at radius 2 is 1.76 bits per heavy atom. The molecular formula is C19H20O4S2. The number of esters is 1. The average Bonchev–Trinajstić information content (AvgIpc) is 3.20. The highest BCUT2D eigenvalue weighted by Gasteiger charge is 2.18. The van der Waals surface area contributed by atoms with Crippen molar-refractivity contribution in [2.75, 3.05) is 25.7 Å². The predicted octanol–water partition coefficient (Wildman–Crippen LogP) is 4.54. The lowest BCUT2D eigenvalue weighted by molar-refractivity contribution is 0.0470. The summed E-state index contributed by atoms with van der Waals surface area (Å²) < 4.78 is 16.4. The van der Waals surface area contributed by atoms with Crippen molar-refractivity contribution in [2.45, 2.75) is 11.2 Å². The molecule has 2 aromatic rings. The molecule has 0 unspecified atom stereocenters. The minimum absolute atomic E-state index is 0.134. The van der Waals surface area contributed by atoms with Crippen LogP contribution in [0.1, 0.15) is 26.1 Å². The van der Waals surface area contributed by atoms with Crippen LogP contribution in [0, 0.1) is 0 Å². The Labute approximate surface area is 156 Å². The van der Waals surface area contributed by atoms with Crippen LogP contribution in [0.25, 0.3) is 0 Å². The molecule has 0 spiro atoms. The Hall–Kier alpha value is -1.79. The quantitative estimate of drug-likeness (QED) is 0.690. The zero-order chi connectivity index (χ0) is 17.6. The Morgan fingerprint density at radius 1 is 1.04 bits per heavy atom. The monoisotopic (exact) mass is 376 g/mol. The van der Waals surface area contributed by atoms with Gasteiger partial charge in [0.2, 0.25) is 0 Å². The number of ether oxygens (including phenoxy) is 3. The lowest BCUT2D eigenvalue weighted by Crippen LogP contribution is -2.06. The number of thioether (sulfide) groups is 2. The fourth-order valence-corrected chi connectivity index (χ4v) is 5.41. The summed E-state index contributed by atoms with van der Waals surface area (Å²) in [5, 5.41) is 0. The van der Waals surface area contributed by atoms with Crippen LogP contribution in [0.5, 0.6) is 11.5 Å². The summed E-state index contributed by atoms with van der Waals surface area (Å²) in [6.07, 6.45) is 0. The van der Waals surface area contributed by atoms with Crippen molar-refractivity contribution in [3.05, 3.63) is 59.2 Å². The van der Waals surface area contributed by atoms with Crippen LogP contribution in [0.3, 0.4) is 0 Å². The topological polar surface area (TPSA) is 44.8 Å². The summed E-state index contributed by atoms with van der Waals surface area (Å²) in [5.41, 5.74) is 2.57. The summed E-state index contributed by atoms with van der Waals surface area (Å²) in [6.45, 7) is 0.134. The second kappa shape index (κ2) is 8.54. The predicted molar refractivity (Wildman–Crippen MR) is 103 cm³/mol. The van der Waals surface area contributed by atoms with Crippen molar-refractivity contribution in [1.82, 2.24) is 0 Å². The Bertz CT molecular complexity index is 725. The Balaban J connectivity index is 1.64. The Kier molecular flexibility index (Phi) is 6.15. The van der Waals surface area contributed by atoms with E-state index in [9.17, 15) is 4.79 Å². The maximum Gasteiger partial charge on any atom is 0.338 e. The minimum atomic E-state index is -0.344. The first-order valence-corrected chi connectivity index (χ1v) is 10.0. The lowest BCUT2D eigenvalue weighted by Gasteiger charge is -2.12. The SMILES string of the molecule is COc1ccc(OC)c(COC(=O)c2ccc(C3SCCS3)cc2)c1. The third-order valence-electron chi connectivity index (χ3n) is 3.89. The number of carbonyl (C=O) groups is 1. The van der Waals surface area contributed by atoms with Crippen molar-refractivity contribution < 1.29 is 19.0 Å². The second-order valence-corrected chi connectivity index (χ2v) is 8.17. The molecule has 3 rings (SSSR count). The molecule has 132 valence electrons. The molecule has 0 aliphatic carbocycles. The van der Waals surface area contributed by atoms with Gasteiger partial charge >= 0.3 is 5.97 Å². The van der Waals surface area contributed by atoms with E-state index >= 15 is 0 Å². The molecule has 2 aromatic carbocycles. The largest absolute Gasteiger partial charge is 0.497 e. The van der Waals surface area contributed by atoms with E-state index in [2.05, 4.69) is 0 Å². The van der Waals surface area contributed by atoms with Gasteiger partial charge < -0.3 is 14.2 Å². The second-order valence-electron chi connectivity index (χ2n) is 5.45. The maximum atomic E-state index is 12.3. The molecule has 0 aromatic heterocycles. The summed E-state index contributed by atoms with van der Waals surface area (Å²) in [4.78, 5) is 12.3. The van der Waals surface area contributed by atoms with Gasteiger partial charge in [-0.3, -0.25) is 0 Å². The van der Waals surface area contributed by atoms with E-state index < -0.39 is 0 Å². The highest BCUT2D eigenvalue weighted by molar-refractivity contribution is 8.19. The van der Waals surface area contributed by atoms with E-state index in [0.29, 0.717) is 21.6 Å². The van der Waals surface area contributed by atoms with Gasteiger partial charge in [-0.2, -0.15) is 0 Å². The van der Waals surface area contributed by atoms with Crippen LogP contribution in [0.15, 0.2) is 42.5 Å². The van der Waals surface area contributed by atoms with Crippen LogP contribution in [0.2, 0.25) is 0 Å². The standard InChI is InChI=1S/C19H20O4S2/c1-21-16-7-8-17(22-2)15(11-16)12-23-18(20)13-3-5-14(6-4-13)19-24-9-10-25-19/h3-8,11,19H,9-10,12H2,1-2H3. The van der Waals surface area contributed by atoms with Crippen LogP contribution < -0.4 is 9.47 Å². The number of hydrogen-bond donors (Lipinski definition) is 0. The summed E-state index contributed by atoms with van der Waals surface area (Å²) >= 11 is 3.89. The molecular weight excluding hydrogens is 356 g/mol. The number of benzene rings is 2. The molecule has 4 nitrogen and oxygen atoms in total. The first-order valence-electron chi connectivity index (χ1n) is 7.92. The molecule has 1 aliphatic heterocycles. The van der Waals surface area contributed by atoms with Gasteiger partial charge in [-0.05, 0) is 35.9 Å². The van der Waals surface area contributed by atoms with Crippen LogP contribution in [-0.4, -0.2) is 31.7 Å². The maximum absolute atomic E-state index is 12.3. The smallest absolute Gasteiger partial charge is 0.338 e. The molecule has 1 fully saturated rings. The van der Waals surface area contributed by atoms with Crippen molar-refractivity contribution >= 4 is 29.5 Å². The van der Waals surface area contributed by atoms with Gasteiger partial charge in [0.1, 0.15) is 18.1 Å². The van der Waals surface area contributed by atoms with Crippen LogP contribution >= 0.6 is 23.5 Å². The molecule has 0 bridgehead atoms. The molecule has 0 N–H and O–H groups in total. The van der Waals surface area contributed by atoms with E-state index in [1.165, 1.54) is 17.1 Å². The summed E-state index contributed by atoms with van der Waals surface area (Å²) in [7, 11) is 3.19. The lowest BCUT2D eigenvalue weighted by atomic mass is 10.1. The van der Waals surface area contributed by atoms with Crippen molar-refractivity contribution in [1.29, 1.82) is 0 Å². The van der Waals surface area contributed by atoms with Gasteiger partial charge in [0.15, 0.2) is 0 Å². The zero-order valence-corrected chi connectivity index (χ0v) is 15.8. The molecule has 0 atom stereocenters. The van der Waals surface area contributed by atoms with Crippen molar-refractivity contribution in [3.8, 4) is 11.5 Å². The molecule has 1 aliphatic rings. The molecule has 0 radical (unpaired) electrons. The number of rotatable bonds is 6. The Morgan fingerprint density at radius 3 is 2.40 bits per heavy atom. The normalized spacial score (nSPS) is 14.3.